The highest BCUT2D eigenvalue weighted by atomic mass is 32.2. The first-order chi connectivity index (χ1) is 14.9. The van der Waals surface area contributed by atoms with E-state index in [1.807, 2.05) is 0 Å². The van der Waals surface area contributed by atoms with Crippen molar-refractivity contribution in [2.24, 2.45) is 0 Å². The Morgan fingerprint density at radius 2 is 1.97 bits per heavy atom. The van der Waals surface area contributed by atoms with Gasteiger partial charge in [-0.1, -0.05) is 6.07 Å². The maximum absolute atomic E-state index is 12.8. The number of fused-ring (bicyclic) bond motifs is 1. The highest BCUT2D eigenvalue weighted by Gasteiger charge is 2.31. The number of amides is 2. The maximum atomic E-state index is 12.8. The summed E-state index contributed by atoms with van der Waals surface area (Å²) >= 11 is 1.22. The molecule has 1 aliphatic heterocycles. The molecule has 0 saturated carbocycles. The molecule has 2 amide bonds. The number of aromatic hydroxyl groups is 1. The Morgan fingerprint density at radius 3 is 2.59 bits per heavy atom. The van der Waals surface area contributed by atoms with Crippen LogP contribution in [-0.4, -0.2) is 66.2 Å². The molecule has 1 aromatic rings. The summed E-state index contributed by atoms with van der Waals surface area (Å²) in [7, 11) is 1.19. The fraction of sp³-hybridized carbons (Fsp3) is 0.524. The Morgan fingerprint density at radius 1 is 1.28 bits per heavy atom. The van der Waals surface area contributed by atoms with Crippen LogP contribution in [0.3, 0.4) is 0 Å². The summed E-state index contributed by atoms with van der Waals surface area (Å²) in [6.45, 7) is 6.15. The number of ether oxygens (including phenoxy) is 3. The number of nitrogens with one attached hydrogen (secondary N) is 2. The molecule has 0 aromatic heterocycles. The first-order valence-corrected chi connectivity index (χ1v) is 11.0. The van der Waals surface area contributed by atoms with Crippen LogP contribution >= 0.6 is 11.8 Å². The number of methoxy groups -OCH3 is 1. The average molecular weight is 469 g/mol. The van der Waals surface area contributed by atoms with Crippen LogP contribution in [0.25, 0.3) is 0 Å². The van der Waals surface area contributed by atoms with E-state index in [1.165, 1.54) is 24.9 Å². The highest BCUT2D eigenvalue weighted by molar-refractivity contribution is 7.98. The Balaban J connectivity index is 2.37. The third kappa shape index (κ3) is 6.78. The highest BCUT2D eigenvalue weighted by Crippen LogP contribution is 2.29. The normalized spacial score (nSPS) is 19.9. The summed E-state index contributed by atoms with van der Waals surface area (Å²) in [6.07, 6.45) is -0.890. The van der Waals surface area contributed by atoms with Crippen LogP contribution in [0.2, 0.25) is 0 Å². The summed E-state index contributed by atoms with van der Waals surface area (Å²) in [4.78, 5) is 50.0. The van der Waals surface area contributed by atoms with E-state index < -0.39 is 48.2 Å². The Kier molecular flexibility index (Phi) is 8.37. The van der Waals surface area contributed by atoms with Gasteiger partial charge in [0.05, 0.1) is 12.7 Å². The number of benzene rings is 1. The monoisotopic (exact) mass is 468 g/mol. The molecule has 1 unspecified atom stereocenters. The van der Waals surface area contributed by atoms with E-state index in [-0.39, 0.29) is 22.8 Å². The van der Waals surface area contributed by atoms with Gasteiger partial charge in [0.1, 0.15) is 30.0 Å². The van der Waals surface area contributed by atoms with Crippen molar-refractivity contribution >= 4 is 35.7 Å². The molecule has 0 aliphatic carbocycles. The number of carbonyl (C=O) groups is 4. The second kappa shape index (κ2) is 10.6. The van der Waals surface area contributed by atoms with E-state index in [1.54, 1.807) is 33.8 Å². The summed E-state index contributed by atoms with van der Waals surface area (Å²) in [5.74, 6) is -1.95. The largest absolute Gasteiger partial charge is 0.508 e. The van der Waals surface area contributed by atoms with Gasteiger partial charge in [0.25, 0.3) is 0 Å². The average Bonchev–Trinajstić information content (AvgIpc) is 2.69. The number of hydrogen-bond acceptors (Lipinski definition) is 9. The smallest absolute Gasteiger partial charge is 0.408 e. The van der Waals surface area contributed by atoms with E-state index in [9.17, 15) is 24.3 Å². The zero-order valence-electron chi connectivity index (χ0n) is 18.6. The molecular formula is C21H28N2O8S. The second-order valence-electron chi connectivity index (χ2n) is 8.15. The van der Waals surface area contributed by atoms with Crippen LogP contribution in [0.15, 0.2) is 12.1 Å². The molecule has 176 valence electrons. The van der Waals surface area contributed by atoms with Gasteiger partial charge in [-0.3, -0.25) is 4.79 Å². The van der Waals surface area contributed by atoms with Crippen LogP contribution in [0, 0.1) is 6.92 Å². The first kappa shape index (κ1) is 25.3. The van der Waals surface area contributed by atoms with Gasteiger partial charge in [-0.05, 0) is 39.3 Å². The van der Waals surface area contributed by atoms with Crippen LogP contribution in [-0.2, 0) is 29.6 Å². The molecule has 1 aromatic carbocycles. The summed E-state index contributed by atoms with van der Waals surface area (Å²) in [5, 5.41) is 15.2. The van der Waals surface area contributed by atoms with Crippen molar-refractivity contribution in [1.82, 2.24) is 10.6 Å². The molecule has 2 rings (SSSR count). The molecule has 1 heterocycles. The van der Waals surface area contributed by atoms with Crippen molar-refractivity contribution in [1.29, 1.82) is 0 Å². The first-order valence-electron chi connectivity index (χ1n) is 9.87. The van der Waals surface area contributed by atoms with E-state index in [4.69, 9.17) is 14.2 Å². The van der Waals surface area contributed by atoms with E-state index >= 15 is 0 Å². The van der Waals surface area contributed by atoms with Gasteiger partial charge < -0.3 is 30.0 Å². The van der Waals surface area contributed by atoms with Crippen LogP contribution < -0.4 is 10.6 Å². The molecular weight excluding hydrogens is 440 g/mol. The lowest BCUT2D eigenvalue weighted by molar-refractivity contribution is -0.144. The second-order valence-corrected chi connectivity index (χ2v) is 9.18. The molecule has 0 bridgehead atoms. The van der Waals surface area contributed by atoms with Crippen molar-refractivity contribution in [2.45, 2.75) is 51.1 Å². The zero-order valence-corrected chi connectivity index (χ0v) is 19.5. The molecule has 11 heteroatoms. The molecule has 32 heavy (non-hydrogen) atoms. The number of phenols is 1. The fourth-order valence-electron chi connectivity index (χ4n) is 2.91. The number of phenolic OH excluding ortho intramolecular Hbond substituents is 1. The number of thioether (sulfide) groups is 1. The molecule has 3 N–H and O–H groups in total. The Bertz CT molecular complexity index is 897. The van der Waals surface area contributed by atoms with Gasteiger partial charge in [-0.2, -0.15) is 11.8 Å². The van der Waals surface area contributed by atoms with Crippen molar-refractivity contribution < 1.29 is 38.5 Å². The third-order valence-corrected chi connectivity index (χ3v) is 5.48. The van der Waals surface area contributed by atoms with Gasteiger partial charge in [0, 0.05) is 17.1 Å². The van der Waals surface area contributed by atoms with E-state index in [2.05, 4.69) is 10.6 Å². The van der Waals surface area contributed by atoms with Crippen LogP contribution in [0.1, 0.15) is 42.3 Å². The van der Waals surface area contributed by atoms with Gasteiger partial charge in [-0.25, -0.2) is 14.4 Å². The maximum Gasteiger partial charge on any atom is 0.408 e. The number of esters is 2. The van der Waals surface area contributed by atoms with E-state index in [0.29, 0.717) is 11.1 Å². The molecule has 0 fully saturated rings. The van der Waals surface area contributed by atoms with Crippen LogP contribution in [0.5, 0.6) is 5.75 Å². The number of aryl methyl sites for hydroxylation is 1. The Labute approximate surface area is 190 Å². The molecule has 0 spiro atoms. The lowest BCUT2D eigenvalue weighted by Gasteiger charge is -2.25. The van der Waals surface area contributed by atoms with Crippen molar-refractivity contribution in [3.63, 3.8) is 0 Å². The van der Waals surface area contributed by atoms with Gasteiger partial charge in [0.2, 0.25) is 5.91 Å². The molecule has 1 aliphatic rings. The van der Waals surface area contributed by atoms with E-state index in [0.717, 1.165) is 0 Å². The predicted molar refractivity (Wildman–Crippen MR) is 116 cm³/mol. The quantitative estimate of drug-likeness (QED) is 0.436. The van der Waals surface area contributed by atoms with Gasteiger partial charge in [-0.15, -0.1) is 0 Å². The standard InChI is InChI=1S/C21H28N2O8S/c1-11-6-7-15(24)12-9-32-10-14(18(26)29-5)22-17(25)13(8-30-19(27)16(11)12)23-20(28)31-21(2,3)4/h6-7,13-14,24H,8-10H2,1-5H3,(H,22,25)(H,23,28)/t13?,14-/m0/s1. The number of rotatable bonds is 2. The lowest BCUT2D eigenvalue weighted by atomic mass is 10.0. The number of carbonyl (C=O) groups excluding carboxylic acids is 4. The minimum absolute atomic E-state index is 0.0887. The zero-order chi connectivity index (χ0) is 24.1. The summed E-state index contributed by atoms with van der Waals surface area (Å²) in [5.41, 5.74) is 0.281. The molecule has 10 nitrogen and oxygen atoms in total. The van der Waals surface area contributed by atoms with Crippen molar-refractivity contribution in [3.8, 4) is 5.75 Å². The number of hydrogen-bond donors (Lipinski definition) is 3. The van der Waals surface area contributed by atoms with Crippen LogP contribution in [0.4, 0.5) is 4.79 Å². The van der Waals surface area contributed by atoms with Gasteiger partial charge >= 0.3 is 18.0 Å². The predicted octanol–water partition coefficient (Wildman–Crippen LogP) is 1.66. The minimum atomic E-state index is -1.33. The third-order valence-electron chi connectivity index (χ3n) is 4.42. The minimum Gasteiger partial charge on any atom is -0.508 e. The summed E-state index contributed by atoms with van der Waals surface area (Å²) in [6, 6.07) is 0.699. The fourth-order valence-corrected chi connectivity index (χ4v) is 3.98. The SMILES string of the molecule is COC(=O)[C@@H]1CSCc2c(O)ccc(C)c2C(=O)OCC(NC(=O)OC(C)(C)C)C(=O)N1. The topological polar surface area (TPSA) is 140 Å². The lowest BCUT2D eigenvalue weighted by Crippen LogP contribution is -2.55. The Hall–Kier alpha value is -2.95. The number of cyclic esters (lactones) is 1. The number of alkyl carbamates (subject to hydrolysis) is 1. The van der Waals surface area contributed by atoms with Crippen molar-refractivity contribution in [2.75, 3.05) is 19.5 Å². The molecule has 0 saturated heterocycles. The van der Waals surface area contributed by atoms with Gasteiger partial charge in [0.15, 0.2) is 0 Å². The molecule has 0 radical (unpaired) electrons. The summed E-state index contributed by atoms with van der Waals surface area (Å²) < 4.78 is 15.2. The van der Waals surface area contributed by atoms with Crippen molar-refractivity contribution in [3.05, 3.63) is 28.8 Å². The molecule has 2 atom stereocenters.